The van der Waals surface area contributed by atoms with Crippen LogP contribution in [0.5, 0.6) is 0 Å². The van der Waals surface area contributed by atoms with Gasteiger partial charge in [0.2, 0.25) is 16.9 Å². The number of hydrogen-bond donors (Lipinski definition) is 1. The van der Waals surface area contributed by atoms with Crippen molar-refractivity contribution < 1.29 is 9.59 Å². The van der Waals surface area contributed by atoms with E-state index in [0.717, 1.165) is 29.0 Å². The van der Waals surface area contributed by atoms with Gasteiger partial charge in [0.25, 0.3) is 0 Å². The van der Waals surface area contributed by atoms with E-state index in [1.54, 1.807) is 7.05 Å². The topological polar surface area (TPSA) is 78.4 Å². The van der Waals surface area contributed by atoms with Crippen molar-refractivity contribution >= 4 is 51.6 Å². The number of piperazine rings is 1. The fourth-order valence-corrected chi connectivity index (χ4v) is 4.01. The van der Waals surface area contributed by atoms with Gasteiger partial charge in [0, 0.05) is 45.5 Å². The number of nitrogens with zero attached hydrogens (tertiary/aromatic N) is 4. The molecule has 0 radical (unpaired) electrons. The van der Waals surface area contributed by atoms with E-state index in [4.69, 9.17) is 11.6 Å². The van der Waals surface area contributed by atoms with Crippen LogP contribution in [-0.2, 0) is 9.59 Å². The zero-order valence-corrected chi connectivity index (χ0v) is 15.3. The highest BCUT2D eigenvalue weighted by Gasteiger charge is 2.23. The smallest absolute Gasteiger partial charge is 0.230 e. The molecule has 1 saturated heterocycles. The lowest BCUT2D eigenvalue weighted by Gasteiger charge is -2.34. The van der Waals surface area contributed by atoms with Gasteiger partial charge in [0.05, 0.1) is 5.75 Å². The average molecular weight is 378 g/mol. The molecule has 128 valence electrons. The molecule has 0 saturated carbocycles. The number of alkyl halides is 1. The van der Waals surface area contributed by atoms with Crippen molar-refractivity contribution in [2.24, 2.45) is 0 Å². The van der Waals surface area contributed by atoms with Crippen LogP contribution in [0.3, 0.4) is 0 Å². The quantitative estimate of drug-likeness (QED) is 0.565. The maximum Gasteiger partial charge on any atom is 0.230 e. The normalized spacial score (nSPS) is 14.9. The molecule has 1 N–H and O–H groups in total. The van der Waals surface area contributed by atoms with Gasteiger partial charge in [-0.05, 0) is 6.42 Å². The minimum absolute atomic E-state index is 0.0316. The molecule has 0 bridgehead atoms. The molecule has 7 nitrogen and oxygen atoms in total. The van der Waals surface area contributed by atoms with Crippen LogP contribution < -0.4 is 10.2 Å². The molecular formula is C13H20ClN5O2S2. The molecule has 0 unspecified atom stereocenters. The molecule has 1 aliphatic rings. The monoisotopic (exact) mass is 377 g/mol. The number of rotatable bonds is 7. The third kappa shape index (κ3) is 5.50. The van der Waals surface area contributed by atoms with Gasteiger partial charge in [0.1, 0.15) is 0 Å². The van der Waals surface area contributed by atoms with Crippen molar-refractivity contribution in [2.75, 3.05) is 49.8 Å². The zero-order chi connectivity index (χ0) is 16.7. The Labute approximate surface area is 148 Å². The zero-order valence-electron chi connectivity index (χ0n) is 13.0. The summed E-state index contributed by atoms with van der Waals surface area (Å²) in [7, 11) is 1.61. The van der Waals surface area contributed by atoms with E-state index >= 15 is 0 Å². The van der Waals surface area contributed by atoms with E-state index in [-0.39, 0.29) is 11.8 Å². The van der Waals surface area contributed by atoms with Gasteiger partial charge in [-0.15, -0.1) is 21.8 Å². The highest BCUT2D eigenvalue weighted by molar-refractivity contribution is 8.01. The summed E-state index contributed by atoms with van der Waals surface area (Å²) in [6.45, 7) is 2.89. The van der Waals surface area contributed by atoms with Gasteiger partial charge in [0.15, 0.2) is 4.34 Å². The fraction of sp³-hybridized carbons (Fsp3) is 0.692. The van der Waals surface area contributed by atoms with Crippen molar-refractivity contribution in [1.82, 2.24) is 20.4 Å². The second kappa shape index (κ2) is 9.29. The minimum Gasteiger partial charge on any atom is -0.358 e. The first-order valence-electron chi connectivity index (χ1n) is 7.39. The fourth-order valence-electron chi connectivity index (χ4n) is 2.11. The standard InChI is InChI=1S/C13H20ClN5O2S2/c1-15-10(20)9-22-13-17-16-12(23-13)19-7-5-18(6-8-19)11(21)3-2-4-14/h2-9H2,1H3,(H,15,20). The Morgan fingerprint density at radius 2 is 2.04 bits per heavy atom. The Morgan fingerprint density at radius 1 is 1.30 bits per heavy atom. The summed E-state index contributed by atoms with van der Waals surface area (Å²) in [6.07, 6.45) is 1.24. The molecule has 0 aliphatic carbocycles. The van der Waals surface area contributed by atoms with E-state index in [1.165, 1.54) is 23.1 Å². The average Bonchev–Trinajstić information content (AvgIpc) is 3.06. The van der Waals surface area contributed by atoms with Gasteiger partial charge in [-0.3, -0.25) is 9.59 Å². The maximum atomic E-state index is 12.0. The number of nitrogens with one attached hydrogen (secondary N) is 1. The van der Waals surface area contributed by atoms with Crippen molar-refractivity contribution in [3.8, 4) is 0 Å². The molecule has 2 amide bonds. The number of carbonyl (C=O) groups excluding carboxylic acids is 2. The molecule has 2 heterocycles. The summed E-state index contributed by atoms with van der Waals surface area (Å²) < 4.78 is 0.782. The largest absolute Gasteiger partial charge is 0.358 e. The predicted octanol–water partition coefficient (Wildman–Crippen LogP) is 1.04. The third-order valence-electron chi connectivity index (χ3n) is 3.43. The lowest BCUT2D eigenvalue weighted by Crippen LogP contribution is -2.48. The number of anilines is 1. The Hall–Kier alpha value is -1.06. The number of thioether (sulfide) groups is 1. The molecule has 1 aliphatic heterocycles. The van der Waals surface area contributed by atoms with Gasteiger partial charge < -0.3 is 15.1 Å². The summed E-state index contributed by atoms with van der Waals surface area (Å²) in [4.78, 5) is 27.2. The highest BCUT2D eigenvalue weighted by atomic mass is 35.5. The number of hydrogen-bond acceptors (Lipinski definition) is 7. The number of carbonyl (C=O) groups is 2. The van der Waals surface area contributed by atoms with Crippen molar-refractivity contribution in [1.29, 1.82) is 0 Å². The van der Waals surface area contributed by atoms with Crippen LogP contribution in [-0.4, -0.2) is 71.8 Å². The van der Waals surface area contributed by atoms with E-state index in [0.29, 0.717) is 31.1 Å². The van der Waals surface area contributed by atoms with Crippen LogP contribution in [0.4, 0.5) is 5.13 Å². The molecule has 2 rings (SSSR count). The Morgan fingerprint density at radius 3 is 2.70 bits per heavy atom. The van der Waals surface area contributed by atoms with Crippen LogP contribution in [0.1, 0.15) is 12.8 Å². The number of halogens is 1. The summed E-state index contributed by atoms with van der Waals surface area (Å²) in [5.41, 5.74) is 0. The maximum absolute atomic E-state index is 12.0. The van der Waals surface area contributed by atoms with Crippen LogP contribution in [0.25, 0.3) is 0 Å². The molecule has 0 aromatic carbocycles. The summed E-state index contributed by atoms with van der Waals surface area (Å²) in [6, 6.07) is 0. The lowest BCUT2D eigenvalue weighted by molar-refractivity contribution is -0.131. The van der Waals surface area contributed by atoms with E-state index in [9.17, 15) is 9.59 Å². The molecule has 0 spiro atoms. The summed E-state index contributed by atoms with van der Waals surface area (Å²) in [5.74, 6) is 1.00. The molecule has 1 aromatic rings. The SMILES string of the molecule is CNC(=O)CSc1nnc(N2CCN(C(=O)CCCCl)CC2)s1. The molecule has 1 fully saturated rings. The summed E-state index contributed by atoms with van der Waals surface area (Å²) >= 11 is 8.49. The van der Waals surface area contributed by atoms with Crippen LogP contribution >= 0.6 is 34.7 Å². The second-order valence-corrected chi connectivity index (χ2v) is 7.53. The summed E-state index contributed by atoms with van der Waals surface area (Å²) in [5, 5.41) is 11.7. The second-order valence-electron chi connectivity index (χ2n) is 4.97. The van der Waals surface area contributed by atoms with Crippen LogP contribution in [0.2, 0.25) is 0 Å². The van der Waals surface area contributed by atoms with Crippen LogP contribution in [0, 0.1) is 0 Å². The lowest BCUT2D eigenvalue weighted by atomic mass is 10.2. The molecule has 1 aromatic heterocycles. The first kappa shape index (κ1) is 18.3. The van der Waals surface area contributed by atoms with Crippen molar-refractivity contribution in [2.45, 2.75) is 17.2 Å². The number of amides is 2. The van der Waals surface area contributed by atoms with Crippen molar-refractivity contribution in [3.63, 3.8) is 0 Å². The van der Waals surface area contributed by atoms with Gasteiger partial charge in [-0.2, -0.15) is 0 Å². The Balaban J connectivity index is 1.80. The van der Waals surface area contributed by atoms with E-state index < -0.39 is 0 Å². The molecule has 23 heavy (non-hydrogen) atoms. The van der Waals surface area contributed by atoms with Crippen molar-refractivity contribution in [3.05, 3.63) is 0 Å². The van der Waals surface area contributed by atoms with Gasteiger partial charge in [-0.1, -0.05) is 23.1 Å². The Bertz CT molecular complexity index is 534. The van der Waals surface area contributed by atoms with Gasteiger partial charge >= 0.3 is 0 Å². The van der Waals surface area contributed by atoms with E-state index in [1.807, 2.05) is 4.90 Å². The molecular weight excluding hydrogens is 358 g/mol. The van der Waals surface area contributed by atoms with Crippen LogP contribution in [0.15, 0.2) is 4.34 Å². The minimum atomic E-state index is -0.0316. The highest BCUT2D eigenvalue weighted by Crippen LogP contribution is 2.28. The number of aromatic nitrogens is 2. The first-order chi connectivity index (χ1) is 11.1. The molecule has 0 atom stereocenters. The first-order valence-corrected chi connectivity index (χ1v) is 9.73. The van der Waals surface area contributed by atoms with E-state index in [2.05, 4.69) is 20.4 Å². The Kier molecular flexibility index (Phi) is 7.38. The van der Waals surface area contributed by atoms with Gasteiger partial charge in [-0.25, -0.2) is 0 Å². The third-order valence-corrected chi connectivity index (χ3v) is 5.81. The molecule has 10 heteroatoms. The predicted molar refractivity (Wildman–Crippen MR) is 93.4 cm³/mol.